The fourth-order valence-corrected chi connectivity index (χ4v) is 5.52. The molecular formula is C22H27ClN2O4S. The number of methoxy groups -OCH3 is 1. The minimum Gasteiger partial charge on any atom is -0.497 e. The summed E-state index contributed by atoms with van der Waals surface area (Å²) in [7, 11) is -2.04. The SMILES string of the molecule is COc1cccc(CCNC(=O)CC2CCCCN2S(=O)(=O)c2ccc(Cl)cc2)c1. The maximum absolute atomic E-state index is 13.1. The Bertz CT molecular complexity index is 963. The van der Waals surface area contributed by atoms with Crippen LogP contribution in [0.25, 0.3) is 0 Å². The highest BCUT2D eigenvalue weighted by Gasteiger charge is 2.34. The fraction of sp³-hybridized carbons (Fsp3) is 0.409. The van der Waals surface area contributed by atoms with Gasteiger partial charge in [0.15, 0.2) is 0 Å². The minimum absolute atomic E-state index is 0.138. The summed E-state index contributed by atoms with van der Waals surface area (Å²) in [6.45, 7) is 0.912. The predicted octanol–water partition coefficient (Wildman–Crippen LogP) is 3.64. The van der Waals surface area contributed by atoms with Crippen molar-refractivity contribution in [3.8, 4) is 5.75 Å². The Balaban J connectivity index is 1.59. The zero-order valence-corrected chi connectivity index (χ0v) is 18.6. The van der Waals surface area contributed by atoms with Crippen molar-refractivity contribution in [3.63, 3.8) is 0 Å². The molecule has 0 bridgehead atoms. The van der Waals surface area contributed by atoms with Gasteiger partial charge in [0.05, 0.1) is 12.0 Å². The van der Waals surface area contributed by atoms with E-state index in [4.69, 9.17) is 16.3 Å². The molecule has 162 valence electrons. The van der Waals surface area contributed by atoms with Gasteiger partial charge < -0.3 is 10.1 Å². The molecular weight excluding hydrogens is 424 g/mol. The van der Waals surface area contributed by atoms with Crippen LogP contribution in [-0.4, -0.2) is 44.9 Å². The Hall–Kier alpha value is -2.09. The van der Waals surface area contributed by atoms with E-state index in [1.807, 2.05) is 24.3 Å². The average Bonchev–Trinajstić information content (AvgIpc) is 2.74. The quantitative estimate of drug-likeness (QED) is 0.666. The summed E-state index contributed by atoms with van der Waals surface area (Å²) in [6, 6.07) is 13.5. The van der Waals surface area contributed by atoms with Crippen LogP contribution in [0.1, 0.15) is 31.2 Å². The van der Waals surface area contributed by atoms with E-state index in [0.29, 0.717) is 31.0 Å². The summed E-state index contributed by atoms with van der Waals surface area (Å²) in [6.07, 6.45) is 3.22. The topological polar surface area (TPSA) is 75.7 Å². The summed E-state index contributed by atoms with van der Waals surface area (Å²) < 4.78 is 32.9. The maximum Gasteiger partial charge on any atom is 0.243 e. The molecule has 1 amide bonds. The molecule has 1 atom stereocenters. The third-order valence-corrected chi connectivity index (χ3v) is 7.50. The van der Waals surface area contributed by atoms with Gasteiger partial charge in [-0.2, -0.15) is 4.31 Å². The summed E-state index contributed by atoms with van der Waals surface area (Å²) in [5.41, 5.74) is 1.07. The number of carbonyl (C=O) groups excluding carboxylic acids is 1. The first-order chi connectivity index (χ1) is 14.4. The van der Waals surface area contributed by atoms with E-state index in [2.05, 4.69) is 5.32 Å². The molecule has 0 aliphatic carbocycles. The van der Waals surface area contributed by atoms with Gasteiger partial charge in [-0.05, 0) is 61.2 Å². The predicted molar refractivity (Wildman–Crippen MR) is 117 cm³/mol. The number of hydrogen-bond donors (Lipinski definition) is 1. The molecule has 30 heavy (non-hydrogen) atoms. The third kappa shape index (κ3) is 5.74. The number of amides is 1. The van der Waals surface area contributed by atoms with Crippen molar-refractivity contribution in [1.29, 1.82) is 0 Å². The Morgan fingerprint density at radius 3 is 2.70 bits per heavy atom. The van der Waals surface area contributed by atoms with Crippen molar-refractivity contribution in [2.75, 3.05) is 20.2 Å². The zero-order valence-electron chi connectivity index (χ0n) is 17.0. The van der Waals surface area contributed by atoms with Crippen molar-refractivity contribution in [2.24, 2.45) is 0 Å². The summed E-state index contributed by atoms with van der Waals surface area (Å²) in [5.74, 6) is 0.644. The normalized spacial score (nSPS) is 17.5. The maximum atomic E-state index is 13.1. The van der Waals surface area contributed by atoms with Crippen LogP contribution < -0.4 is 10.1 Å². The summed E-state index contributed by atoms with van der Waals surface area (Å²) in [4.78, 5) is 12.7. The molecule has 1 saturated heterocycles. The lowest BCUT2D eigenvalue weighted by Gasteiger charge is -2.34. The van der Waals surface area contributed by atoms with Gasteiger partial charge in [-0.25, -0.2) is 8.42 Å². The molecule has 0 aromatic heterocycles. The first kappa shape index (κ1) is 22.6. The smallest absolute Gasteiger partial charge is 0.243 e. The molecule has 1 aliphatic heterocycles. The lowest BCUT2D eigenvalue weighted by molar-refractivity contribution is -0.122. The molecule has 1 heterocycles. The molecule has 6 nitrogen and oxygen atoms in total. The molecule has 0 radical (unpaired) electrons. The molecule has 1 N–H and O–H groups in total. The molecule has 1 aliphatic rings. The Morgan fingerprint density at radius 2 is 1.97 bits per heavy atom. The lowest BCUT2D eigenvalue weighted by Crippen LogP contribution is -2.46. The van der Waals surface area contributed by atoms with Gasteiger partial charge in [0.2, 0.25) is 15.9 Å². The highest BCUT2D eigenvalue weighted by Crippen LogP contribution is 2.27. The first-order valence-electron chi connectivity index (χ1n) is 10.1. The van der Waals surface area contributed by atoms with Crippen molar-refractivity contribution < 1.29 is 17.9 Å². The van der Waals surface area contributed by atoms with E-state index in [-0.39, 0.29) is 23.3 Å². The van der Waals surface area contributed by atoms with Crippen molar-refractivity contribution in [1.82, 2.24) is 9.62 Å². The Labute approximate surface area is 183 Å². The summed E-state index contributed by atoms with van der Waals surface area (Å²) in [5, 5.41) is 3.40. The average molecular weight is 451 g/mol. The van der Waals surface area contributed by atoms with E-state index < -0.39 is 10.0 Å². The second kappa shape index (κ2) is 10.3. The van der Waals surface area contributed by atoms with Crippen LogP contribution in [0.3, 0.4) is 0 Å². The Kier molecular flexibility index (Phi) is 7.75. The molecule has 8 heteroatoms. The van der Waals surface area contributed by atoms with Crippen molar-refractivity contribution in [2.45, 2.75) is 43.0 Å². The minimum atomic E-state index is -3.66. The Morgan fingerprint density at radius 1 is 1.20 bits per heavy atom. The van der Waals surface area contributed by atoms with Gasteiger partial charge in [-0.3, -0.25) is 4.79 Å². The second-order valence-electron chi connectivity index (χ2n) is 7.37. The number of halogens is 1. The van der Waals surface area contributed by atoms with E-state index in [1.165, 1.54) is 16.4 Å². The fourth-order valence-electron chi connectivity index (χ4n) is 3.70. The number of ether oxygens (including phenoxy) is 1. The van der Waals surface area contributed by atoms with Gasteiger partial charge >= 0.3 is 0 Å². The second-order valence-corrected chi connectivity index (χ2v) is 9.70. The standard InChI is InChI=1S/C22H27ClN2O4S/c1-29-20-7-4-5-17(15-20)12-13-24-22(26)16-19-6-2-3-14-25(19)30(27,28)21-10-8-18(23)9-11-21/h4-5,7-11,15,19H,2-3,6,12-14,16H2,1H3,(H,24,26). The van der Waals surface area contributed by atoms with E-state index in [9.17, 15) is 13.2 Å². The van der Waals surface area contributed by atoms with E-state index in [1.54, 1.807) is 19.2 Å². The van der Waals surface area contributed by atoms with Crippen LogP contribution in [-0.2, 0) is 21.2 Å². The number of hydrogen-bond acceptors (Lipinski definition) is 4. The van der Waals surface area contributed by atoms with Gasteiger partial charge in [0, 0.05) is 30.6 Å². The summed E-state index contributed by atoms with van der Waals surface area (Å²) >= 11 is 5.89. The number of nitrogens with zero attached hydrogens (tertiary/aromatic N) is 1. The van der Waals surface area contributed by atoms with Gasteiger partial charge in [0.1, 0.15) is 5.75 Å². The third-order valence-electron chi connectivity index (χ3n) is 5.28. The molecule has 1 unspecified atom stereocenters. The van der Waals surface area contributed by atoms with Crippen LogP contribution in [0.5, 0.6) is 5.75 Å². The monoisotopic (exact) mass is 450 g/mol. The van der Waals surface area contributed by atoms with Crippen LogP contribution in [0.15, 0.2) is 53.4 Å². The van der Waals surface area contributed by atoms with E-state index >= 15 is 0 Å². The number of carbonyl (C=O) groups is 1. The van der Waals surface area contributed by atoms with Gasteiger partial charge in [-0.1, -0.05) is 30.2 Å². The van der Waals surface area contributed by atoms with Gasteiger partial charge in [0.25, 0.3) is 0 Å². The van der Waals surface area contributed by atoms with Crippen molar-refractivity contribution in [3.05, 3.63) is 59.1 Å². The van der Waals surface area contributed by atoms with Crippen LogP contribution >= 0.6 is 11.6 Å². The molecule has 2 aromatic carbocycles. The molecule has 0 spiro atoms. The highest BCUT2D eigenvalue weighted by atomic mass is 35.5. The van der Waals surface area contributed by atoms with Crippen LogP contribution in [0, 0.1) is 0 Å². The molecule has 0 saturated carbocycles. The number of nitrogens with one attached hydrogen (secondary N) is 1. The molecule has 3 rings (SSSR count). The first-order valence-corrected chi connectivity index (χ1v) is 11.9. The zero-order chi connectivity index (χ0) is 21.6. The largest absolute Gasteiger partial charge is 0.497 e. The molecule has 1 fully saturated rings. The van der Waals surface area contributed by atoms with E-state index in [0.717, 1.165) is 24.2 Å². The lowest BCUT2D eigenvalue weighted by atomic mass is 10.0. The highest BCUT2D eigenvalue weighted by molar-refractivity contribution is 7.89. The van der Waals surface area contributed by atoms with Crippen molar-refractivity contribution >= 4 is 27.5 Å². The van der Waals surface area contributed by atoms with Gasteiger partial charge in [-0.15, -0.1) is 0 Å². The molecule has 2 aromatic rings. The number of piperidine rings is 1. The number of benzene rings is 2. The van der Waals surface area contributed by atoms with Crippen LogP contribution in [0.2, 0.25) is 5.02 Å². The number of rotatable bonds is 8. The number of sulfonamides is 1. The van der Waals surface area contributed by atoms with Crippen LogP contribution in [0.4, 0.5) is 0 Å².